The Labute approximate surface area is 116 Å². The second-order valence-electron chi connectivity index (χ2n) is 5.29. The van der Waals surface area contributed by atoms with E-state index in [-0.39, 0.29) is 6.04 Å². The number of nitrogens with zero attached hydrogens (tertiary/aromatic N) is 1. The maximum Gasteiger partial charge on any atom is 0.243 e. The molecule has 0 saturated heterocycles. The van der Waals surface area contributed by atoms with Crippen molar-refractivity contribution in [1.29, 1.82) is 0 Å². The van der Waals surface area contributed by atoms with Crippen LogP contribution in [0.4, 0.5) is 0 Å². The summed E-state index contributed by atoms with van der Waals surface area (Å²) in [6.07, 6.45) is 0.666. The van der Waals surface area contributed by atoms with Gasteiger partial charge in [0.2, 0.25) is 10.0 Å². The molecule has 0 aliphatic carbocycles. The van der Waals surface area contributed by atoms with Gasteiger partial charge in [-0.1, -0.05) is 32.0 Å². The second-order valence-corrected chi connectivity index (χ2v) is 7.30. The minimum absolute atomic E-state index is 0.0227. The third-order valence-corrected chi connectivity index (χ3v) is 5.43. The van der Waals surface area contributed by atoms with Gasteiger partial charge in [0, 0.05) is 19.6 Å². The van der Waals surface area contributed by atoms with E-state index >= 15 is 0 Å². The second kappa shape index (κ2) is 6.50. The molecule has 0 aliphatic rings. The van der Waals surface area contributed by atoms with Gasteiger partial charge in [-0.2, -0.15) is 0 Å². The van der Waals surface area contributed by atoms with Gasteiger partial charge in [0.15, 0.2) is 0 Å². The van der Waals surface area contributed by atoms with E-state index in [1.54, 1.807) is 32.2 Å². The third kappa shape index (κ3) is 4.03. The monoisotopic (exact) mass is 284 g/mol. The first-order valence-corrected chi connectivity index (χ1v) is 7.98. The smallest absolute Gasteiger partial charge is 0.243 e. The quantitative estimate of drug-likeness (QED) is 0.869. The molecule has 108 valence electrons. The molecule has 1 rings (SSSR count). The van der Waals surface area contributed by atoms with Crippen molar-refractivity contribution >= 4 is 10.0 Å². The van der Waals surface area contributed by atoms with Gasteiger partial charge in [-0.05, 0) is 30.9 Å². The van der Waals surface area contributed by atoms with E-state index in [2.05, 4.69) is 0 Å². The van der Waals surface area contributed by atoms with Crippen molar-refractivity contribution in [2.24, 2.45) is 11.7 Å². The van der Waals surface area contributed by atoms with Crippen LogP contribution < -0.4 is 5.73 Å². The summed E-state index contributed by atoms with van der Waals surface area (Å²) in [7, 11) is -1.81. The molecule has 1 aromatic rings. The lowest BCUT2D eigenvalue weighted by atomic mass is 10.0. The van der Waals surface area contributed by atoms with Gasteiger partial charge in [-0.3, -0.25) is 0 Å². The molecule has 5 heteroatoms. The summed E-state index contributed by atoms with van der Waals surface area (Å²) < 4.78 is 26.2. The molecule has 0 aliphatic heterocycles. The van der Waals surface area contributed by atoms with E-state index in [4.69, 9.17) is 5.73 Å². The zero-order valence-corrected chi connectivity index (χ0v) is 12.9. The third-order valence-electron chi connectivity index (χ3n) is 3.42. The number of nitrogens with two attached hydrogens (primary N) is 1. The molecule has 0 heterocycles. The van der Waals surface area contributed by atoms with Crippen molar-refractivity contribution in [3.8, 4) is 0 Å². The van der Waals surface area contributed by atoms with Crippen LogP contribution >= 0.6 is 0 Å². The van der Waals surface area contributed by atoms with E-state index in [9.17, 15) is 8.42 Å². The highest BCUT2D eigenvalue weighted by Gasteiger charge is 2.22. The maximum absolute atomic E-state index is 12.4. The van der Waals surface area contributed by atoms with Crippen molar-refractivity contribution in [3.63, 3.8) is 0 Å². The molecule has 0 fully saturated rings. The van der Waals surface area contributed by atoms with Crippen LogP contribution in [0.5, 0.6) is 0 Å². The zero-order valence-electron chi connectivity index (χ0n) is 12.1. The summed E-state index contributed by atoms with van der Waals surface area (Å²) in [6.45, 7) is 6.33. The molecule has 1 atom stereocenters. The van der Waals surface area contributed by atoms with E-state index in [1.807, 2.05) is 19.9 Å². The SMILES string of the molecule is Cc1ccccc1S(=O)(=O)N(C)CCC(N)C(C)C. The predicted octanol–water partition coefficient (Wildman–Crippen LogP) is 1.99. The highest BCUT2D eigenvalue weighted by atomic mass is 32.2. The Morgan fingerprint density at radius 3 is 2.37 bits per heavy atom. The molecule has 1 unspecified atom stereocenters. The molecule has 0 radical (unpaired) electrons. The normalized spacial score (nSPS) is 14.1. The van der Waals surface area contributed by atoms with Crippen LogP contribution in [0.25, 0.3) is 0 Å². The number of benzene rings is 1. The van der Waals surface area contributed by atoms with Gasteiger partial charge < -0.3 is 5.73 Å². The van der Waals surface area contributed by atoms with E-state index in [0.717, 1.165) is 5.56 Å². The van der Waals surface area contributed by atoms with Gasteiger partial charge >= 0.3 is 0 Å². The molecular formula is C14H24N2O2S. The summed E-state index contributed by atoms with van der Waals surface area (Å²) >= 11 is 0. The number of sulfonamides is 1. The minimum atomic E-state index is -3.41. The summed E-state index contributed by atoms with van der Waals surface area (Å²) in [5, 5.41) is 0. The topological polar surface area (TPSA) is 63.4 Å². The highest BCUT2D eigenvalue weighted by Crippen LogP contribution is 2.18. The Bertz CT molecular complexity index is 512. The zero-order chi connectivity index (χ0) is 14.6. The van der Waals surface area contributed by atoms with Crippen molar-refractivity contribution in [2.45, 2.75) is 38.1 Å². The van der Waals surface area contributed by atoms with Crippen LogP contribution in [0, 0.1) is 12.8 Å². The number of aryl methyl sites for hydroxylation is 1. The van der Waals surface area contributed by atoms with Gasteiger partial charge in [-0.15, -0.1) is 0 Å². The van der Waals surface area contributed by atoms with E-state index < -0.39 is 10.0 Å². The van der Waals surface area contributed by atoms with Crippen LogP contribution in [-0.4, -0.2) is 32.4 Å². The first-order chi connectivity index (χ1) is 8.76. The molecule has 0 spiro atoms. The molecule has 1 aromatic carbocycles. The number of hydrogen-bond donors (Lipinski definition) is 1. The molecular weight excluding hydrogens is 260 g/mol. The number of hydrogen-bond acceptors (Lipinski definition) is 3. The first-order valence-electron chi connectivity index (χ1n) is 6.54. The summed E-state index contributed by atoms with van der Waals surface area (Å²) in [4.78, 5) is 0.371. The lowest BCUT2D eigenvalue weighted by molar-refractivity contribution is 0.397. The minimum Gasteiger partial charge on any atom is -0.327 e. The molecule has 0 aromatic heterocycles. The summed E-state index contributed by atoms with van der Waals surface area (Å²) in [6, 6.07) is 7.05. The van der Waals surface area contributed by atoms with E-state index in [0.29, 0.717) is 23.8 Å². The van der Waals surface area contributed by atoms with Gasteiger partial charge in [0.25, 0.3) is 0 Å². The Morgan fingerprint density at radius 2 is 1.84 bits per heavy atom. The predicted molar refractivity (Wildman–Crippen MR) is 78.4 cm³/mol. The Balaban J connectivity index is 2.81. The fraction of sp³-hybridized carbons (Fsp3) is 0.571. The Hall–Kier alpha value is -0.910. The molecule has 19 heavy (non-hydrogen) atoms. The van der Waals surface area contributed by atoms with Crippen molar-refractivity contribution in [1.82, 2.24) is 4.31 Å². The van der Waals surface area contributed by atoms with Crippen LogP contribution in [0.15, 0.2) is 29.2 Å². The molecule has 0 saturated carbocycles. The van der Waals surface area contributed by atoms with Crippen LogP contribution in [0.2, 0.25) is 0 Å². The summed E-state index contributed by atoms with van der Waals surface area (Å²) in [5.74, 6) is 0.356. The van der Waals surface area contributed by atoms with E-state index in [1.165, 1.54) is 4.31 Å². The van der Waals surface area contributed by atoms with Gasteiger partial charge in [0.1, 0.15) is 0 Å². The molecule has 4 nitrogen and oxygen atoms in total. The number of rotatable bonds is 6. The molecule has 2 N–H and O–H groups in total. The fourth-order valence-electron chi connectivity index (χ4n) is 1.80. The molecule has 0 bridgehead atoms. The first kappa shape index (κ1) is 16.1. The van der Waals surface area contributed by atoms with Crippen molar-refractivity contribution in [3.05, 3.63) is 29.8 Å². The van der Waals surface area contributed by atoms with Crippen LogP contribution in [0.3, 0.4) is 0 Å². The van der Waals surface area contributed by atoms with Crippen LogP contribution in [0.1, 0.15) is 25.8 Å². The Kier molecular flexibility index (Phi) is 5.52. The van der Waals surface area contributed by atoms with Crippen molar-refractivity contribution < 1.29 is 8.42 Å². The average Bonchev–Trinajstić information content (AvgIpc) is 2.35. The standard InChI is InChI=1S/C14H24N2O2S/c1-11(2)13(15)9-10-16(4)19(17,18)14-8-6-5-7-12(14)3/h5-8,11,13H,9-10,15H2,1-4H3. The van der Waals surface area contributed by atoms with Crippen LogP contribution in [-0.2, 0) is 10.0 Å². The highest BCUT2D eigenvalue weighted by molar-refractivity contribution is 7.89. The van der Waals surface area contributed by atoms with Gasteiger partial charge in [0.05, 0.1) is 4.90 Å². The lowest BCUT2D eigenvalue weighted by Gasteiger charge is -2.22. The summed E-state index contributed by atoms with van der Waals surface area (Å²) in [5.41, 5.74) is 6.72. The lowest BCUT2D eigenvalue weighted by Crippen LogP contribution is -2.34. The van der Waals surface area contributed by atoms with Gasteiger partial charge in [-0.25, -0.2) is 12.7 Å². The molecule has 0 amide bonds. The average molecular weight is 284 g/mol. The Morgan fingerprint density at radius 1 is 1.26 bits per heavy atom. The van der Waals surface area contributed by atoms with Crippen molar-refractivity contribution in [2.75, 3.05) is 13.6 Å². The fourth-order valence-corrected chi connectivity index (χ4v) is 3.21. The largest absolute Gasteiger partial charge is 0.327 e. The maximum atomic E-state index is 12.4.